The Bertz CT molecular complexity index is 1120. The van der Waals surface area contributed by atoms with Gasteiger partial charge in [-0.25, -0.2) is 9.97 Å². The van der Waals surface area contributed by atoms with Crippen LogP contribution in [-0.2, 0) is 0 Å². The zero-order valence-corrected chi connectivity index (χ0v) is 14.5. The molecule has 0 aliphatic heterocycles. The lowest BCUT2D eigenvalue weighted by molar-refractivity contribution is 0.101. The number of amides is 2. The Morgan fingerprint density at radius 1 is 0.963 bits per heavy atom. The third kappa shape index (κ3) is 3.51. The van der Waals surface area contributed by atoms with Crippen molar-refractivity contribution in [1.82, 2.24) is 19.9 Å². The Labute approximate surface area is 158 Å². The normalized spacial score (nSPS) is 10.7. The quantitative estimate of drug-likeness (QED) is 0.434. The lowest BCUT2D eigenvalue weighted by Crippen LogP contribution is -2.14. The average molecular weight is 381 g/mol. The summed E-state index contributed by atoms with van der Waals surface area (Å²) in [6.45, 7) is 0. The summed E-state index contributed by atoms with van der Waals surface area (Å²) in [5.74, 6) is -0.128. The number of benzene rings is 2. The van der Waals surface area contributed by atoms with Crippen LogP contribution in [0.3, 0.4) is 0 Å². The molecule has 4 rings (SSSR count). The number of carbonyl (C=O) groups excluding carboxylic acids is 2. The van der Waals surface area contributed by atoms with E-state index >= 15 is 0 Å². The summed E-state index contributed by atoms with van der Waals surface area (Å²) in [5.41, 5.74) is 1.85. The SMILES string of the molecule is O=C(Nc1nc2c(C(=O)Nc3ncc[nH]3)cccc2[nH]1)c1ccc(Cl)cc1. The Hall–Kier alpha value is -3.65. The molecule has 9 heteroatoms. The number of aromatic nitrogens is 4. The van der Waals surface area contributed by atoms with E-state index in [0.717, 1.165) is 0 Å². The van der Waals surface area contributed by atoms with Gasteiger partial charge in [-0.3, -0.25) is 20.2 Å². The van der Waals surface area contributed by atoms with Crippen LogP contribution >= 0.6 is 11.6 Å². The van der Waals surface area contributed by atoms with Crippen LogP contribution in [0.2, 0.25) is 5.02 Å². The molecule has 0 aliphatic rings. The Balaban J connectivity index is 1.59. The summed E-state index contributed by atoms with van der Waals surface area (Å²) >= 11 is 5.83. The number of anilines is 2. The van der Waals surface area contributed by atoms with Crippen LogP contribution in [-0.4, -0.2) is 31.8 Å². The van der Waals surface area contributed by atoms with Gasteiger partial charge in [0.2, 0.25) is 11.9 Å². The van der Waals surface area contributed by atoms with Crippen LogP contribution in [0.25, 0.3) is 11.0 Å². The largest absolute Gasteiger partial charge is 0.331 e. The first-order valence-corrected chi connectivity index (χ1v) is 8.34. The number of halogens is 1. The topological polar surface area (TPSA) is 116 Å². The van der Waals surface area contributed by atoms with E-state index in [1.165, 1.54) is 6.20 Å². The van der Waals surface area contributed by atoms with Crippen molar-refractivity contribution in [2.45, 2.75) is 0 Å². The number of hydrogen-bond donors (Lipinski definition) is 4. The van der Waals surface area contributed by atoms with Crippen molar-refractivity contribution in [3.05, 3.63) is 71.0 Å². The van der Waals surface area contributed by atoms with Gasteiger partial charge < -0.3 is 9.97 Å². The molecule has 0 fully saturated rings. The summed E-state index contributed by atoms with van der Waals surface area (Å²) in [5, 5.41) is 5.88. The summed E-state index contributed by atoms with van der Waals surface area (Å²) < 4.78 is 0. The highest BCUT2D eigenvalue weighted by molar-refractivity contribution is 6.30. The average Bonchev–Trinajstić information content (AvgIpc) is 3.30. The zero-order valence-electron chi connectivity index (χ0n) is 13.8. The van der Waals surface area contributed by atoms with Gasteiger partial charge in [0, 0.05) is 23.0 Å². The van der Waals surface area contributed by atoms with E-state index in [1.807, 2.05) is 0 Å². The number of hydrogen-bond acceptors (Lipinski definition) is 4. The first kappa shape index (κ1) is 16.8. The molecule has 4 aromatic rings. The van der Waals surface area contributed by atoms with Crippen molar-refractivity contribution in [3.63, 3.8) is 0 Å². The Morgan fingerprint density at radius 2 is 1.74 bits per heavy atom. The molecule has 0 saturated heterocycles. The van der Waals surface area contributed by atoms with Gasteiger partial charge in [-0.15, -0.1) is 0 Å². The fourth-order valence-electron chi connectivity index (χ4n) is 2.56. The second-order valence-corrected chi connectivity index (χ2v) is 6.08. The van der Waals surface area contributed by atoms with Gasteiger partial charge in [-0.2, -0.15) is 0 Å². The number of H-pyrrole nitrogens is 2. The zero-order chi connectivity index (χ0) is 18.8. The number of nitrogens with one attached hydrogen (secondary N) is 4. The molecule has 8 nitrogen and oxygen atoms in total. The third-order valence-electron chi connectivity index (χ3n) is 3.83. The second kappa shape index (κ2) is 6.93. The fraction of sp³-hybridized carbons (Fsp3) is 0. The summed E-state index contributed by atoms with van der Waals surface area (Å²) in [4.78, 5) is 38.9. The number of aromatic amines is 2. The maximum Gasteiger partial charge on any atom is 0.260 e. The van der Waals surface area contributed by atoms with Crippen LogP contribution in [0.4, 0.5) is 11.9 Å². The molecule has 0 atom stereocenters. The van der Waals surface area contributed by atoms with Gasteiger partial charge in [0.25, 0.3) is 11.8 Å². The minimum Gasteiger partial charge on any atom is -0.331 e. The predicted molar refractivity (Wildman–Crippen MR) is 102 cm³/mol. The molecule has 4 N–H and O–H groups in total. The van der Waals surface area contributed by atoms with Crippen LogP contribution in [0.5, 0.6) is 0 Å². The summed E-state index contributed by atoms with van der Waals surface area (Å²) in [6.07, 6.45) is 3.14. The molecule has 2 amide bonds. The number of para-hydroxylation sites is 1. The van der Waals surface area contributed by atoms with Gasteiger partial charge in [0.1, 0.15) is 5.52 Å². The van der Waals surface area contributed by atoms with Crippen molar-refractivity contribution in [1.29, 1.82) is 0 Å². The lowest BCUT2D eigenvalue weighted by Gasteiger charge is -2.02. The van der Waals surface area contributed by atoms with Gasteiger partial charge in [-0.1, -0.05) is 17.7 Å². The van der Waals surface area contributed by atoms with Crippen LogP contribution in [0.15, 0.2) is 54.9 Å². The molecular weight excluding hydrogens is 368 g/mol. The van der Waals surface area contributed by atoms with E-state index in [2.05, 4.69) is 30.6 Å². The highest BCUT2D eigenvalue weighted by Gasteiger charge is 2.16. The van der Waals surface area contributed by atoms with E-state index in [1.54, 1.807) is 48.7 Å². The number of nitrogens with zero attached hydrogens (tertiary/aromatic N) is 2. The molecule has 0 radical (unpaired) electrons. The van der Waals surface area contributed by atoms with E-state index in [9.17, 15) is 9.59 Å². The van der Waals surface area contributed by atoms with E-state index < -0.39 is 0 Å². The third-order valence-corrected chi connectivity index (χ3v) is 4.08. The molecule has 0 unspecified atom stereocenters. The molecule has 2 aromatic heterocycles. The maximum absolute atomic E-state index is 12.5. The molecule has 2 heterocycles. The standard InChI is InChI=1S/C18H13ClN6O2/c19-11-6-4-10(5-7-11)15(26)24-18-22-13-3-1-2-12(14(13)23-18)16(27)25-17-20-8-9-21-17/h1-9H,(H2,20,21,25,27)(H2,22,23,24,26). The molecular formula is C18H13ClN6O2. The minimum absolute atomic E-state index is 0.239. The highest BCUT2D eigenvalue weighted by Crippen LogP contribution is 2.20. The first-order valence-electron chi connectivity index (χ1n) is 7.96. The van der Waals surface area contributed by atoms with Gasteiger partial charge in [-0.05, 0) is 36.4 Å². The Kier molecular flexibility index (Phi) is 4.31. The molecule has 0 bridgehead atoms. The van der Waals surface area contributed by atoms with Crippen molar-refractivity contribution >= 4 is 46.3 Å². The molecule has 27 heavy (non-hydrogen) atoms. The van der Waals surface area contributed by atoms with Crippen LogP contribution < -0.4 is 10.6 Å². The molecule has 2 aromatic carbocycles. The second-order valence-electron chi connectivity index (χ2n) is 5.64. The molecule has 134 valence electrons. The number of rotatable bonds is 4. The Morgan fingerprint density at radius 3 is 2.48 bits per heavy atom. The smallest absolute Gasteiger partial charge is 0.260 e. The molecule has 0 saturated carbocycles. The van der Waals surface area contributed by atoms with Crippen LogP contribution in [0.1, 0.15) is 20.7 Å². The van der Waals surface area contributed by atoms with Crippen molar-refractivity contribution in [2.24, 2.45) is 0 Å². The fourth-order valence-corrected chi connectivity index (χ4v) is 2.69. The maximum atomic E-state index is 12.5. The molecule has 0 spiro atoms. The monoisotopic (exact) mass is 380 g/mol. The van der Waals surface area contributed by atoms with Gasteiger partial charge in [0.15, 0.2) is 0 Å². The van der Waals surface area contributed by atoms with Gasteiger partial charge in [0.05, 0.1) is 11.1 Å². The van der Waals surface area contributed by atoms with Crippen LogP contribution in [0, 0.1) is 0 Å². The predicted octanol–water partition coefficient (Wildman–Crippen LogP) is 3.44. The first-order chi connectivity index (χ1) is 13.1. The van der Waals surface area contributed by atoms with Crippen molar-refractivity contribution < 1.29 is 9.59 Å². The van der Waals surface area contributed by atoms with Gasteiger partial charge >= 0.3 is 0 Å². The number of imidazole rings is 2. The van der Waals surface area contributed by atoms with Crippen molar-refractivity contribution in [3.8, 4) is 0 Å². The minimum atomic E-state index is -0.363. The summed E-state index contributed by atoms with van der Waals surface area (Å²) in [6, 6.07) is 11.6. The van der Waals surface area contributed by atoms with E-state index in [0.29, 0.717) is 33.1 Å². The number of carbonyl (C=O) groups is 2. The van der Waals surface area contributed by atoms with E-state index in [4.69, 9.17) is 11.6 Å². The number of fused-ring (bicyclic) bond motifs is 1. The molecule has 0 aliphatic carbocycles. The van der Waals surface area contributed by atoms with E-state index in [-0.39, 0.29) is 17.8 Å². The lowest BCUT2D eigenvalue weighted by atomic mass is 10.2. The summed E-state index contributed by atoms with van der Waals surface area (Å²) in [7, 11) is 0. The highest BCUT2D eigenvalue weighted by atomic mass is 35.5. The van der Waals surface area contributed by atoms with Crippen molar-refractivity contribution in [2.75, 3.05) is 10.6 Å².